The monoisotopic (exact) mass is 363 g/mol. The maximum Gasteiger partial charge on any atom is 0.326 e. The highest BCUT2D eigenvalue weighted by atomic mass is 19.1. The van der Waals surface area contributed by atoms with E-state index in [0.29, 0.717) is 29.1 Å². The number of nitrogens with zero attached hydrogens (tertiary/aromatic N) is 2. The number of aromatic amines is 1. The largest absolute Gasteiger partial charge is 0.326 e. The number of hydrogen-bond acceptors (Lipinski definition) is 2. The molecule has 0 atom stereocenters. The molecule has 0 aliphatic heterocycles. The minimum Gasteiger partial charge on any atom is -0.305 e. The SMILES string of the molecule is O=c1[nH]c(-c2ccc(F)cc2)c(-c2ccnc(F)c2)n1Cc1ccccc1. The van der Waals surface area contributed by atoms with Crippen molar-refractivity contribution >= 4 is 0 Å². The molecule has 0 saturated heterocycles. The van der Waals surface area contributed by atoms with Gasteiger partial charge < -0.3 is 4.98 Å². The van der Waals surface area contributed by atoms with Crippen LogP contribution in [0.4, 0.5) is 8.78 Å². The van der Waals surface area contributed by atoms with Crippen molar-refractivity contribution in [2.24, 2.45) is 0 Å². The van der Waals surface area contributed by atoms with Crippen LogP contribution in [0, 0.1) is 11.8 Å². The number of pyridine rings is 1. The van der Waals surface area contributed by atoms with Crippen molar-refractivity contribution in [3.63, 3.8) is 0 Å². The van der Waals surface area contributed by atoms with Crippen molar-refractivity contribution < 1.29 is 8.78 Å². The van der Waals surface area contributed by atoms with Crippen molar-refractivity contribution in [1.82, 2.24) is 14.5 Å². The highest BCUT2D eigenvalue weighted by molar-refractivity contribution is 5.78. The Labute approximate surface area is 153 Å². The van der Waals surface area contributed by atoms with Gasteiger partial charge >= 0.3 is 5.69 Å². The van der Waals surface area contributed by atoms with Gasteiger partial charge in [0, 0.05) is 23.4 Å². The molecule has 0 radical (unpaired) electrons. The molecule has 0 spiro atoms. The molecule has 0 fully saturated rings. The highest BCUT2D eigenvalue weighted by Gasteiger charge is 2.18. The molecule has 6 heteroatoms. The topological polar surface area (TPSA) is 50.7 Å². The maximum atomic E-state index is 13.7. The summed E-state index contributed by atoms with van der Waals surface area (Å²) in [7, 11) is 0. The van der Waals surface area contributed by atoms with Crippen molar-refractivity contribution in [2.75, 3.05) is 0 Å². The molecule has 4 nitrogen and oxygen atoms in total. The second kappa shape index (κ2) is 6.99. The summed E-state index contributed by atoms with van der Waals surface area (Å²) in [4.78, 5) is 19.1. The van der Waals surface area contributed by atoms with Gasteiger partial charge in [0.25, 0.3) is 0 Å². The van der Waals surface area contributed by atoms with E-state index in [1.54, 1.807) is 22.8 Å². The fourth-order valence-electron chi connectivity index (χ4n) is 3.06. The minimum atomic E-state index is -0.641. The van der Waals surface area contributed by atoms with Gasteiger partial charge in [-0.05, 0) is 35.9 Å². The summed E-state index contributed by atoms with van der Waals surface area (Å²) in [5.41, 5.74) is 2.77. The molecule has 1 N–H and O–H groups in total. The predicted molar refractivity (Wildman–Crippen MR) is 99.2 cm³/mol. The van der Waals surface area contributed by atoms with Crippen molar-refractivity contribution in [3.05, 3.63) is 101 Å². The molecule has 0 aliphatic carbocycles. The number of hydrogen-bond donors (Lipinski definition) is 1. The molecule has 0 saturated carbocycles. The van der Waals surface area contributed by atoms with Gasteiger partial charge in [-0.3, -0.25) is 4.57 Å². The summed E-state index contributed by atoms with van der Waals surface area (Å²) < 4.78 is 28.6. The van der Waals surface area contributed by atoms with Crippen LogP contribution in [0.3, 0.4) is 0 Å². The van der Waals surface area contributed by atoms with Gasteiger partial charge in [0.05, 0.1) is 17.9 Å². The third-order valence-electron chi connectivity index (χ3n) is 4.30. The Morgan fingerprint density at radius 2 is 1.67 bits per heavy atom. The molecule has 0 amide bonds. The first-order chi connectivity index (χ1) is 13.1. The van der Waals surface area contributed by atoms with Gasteiger partial charge in [-0.15, -0.1) is 0 Å². The van der Waals surface area contributed by atoms with Crippen molar-refractivity contribution in [3.8, 4) is 22.5 Å². The average Bonchev–Trinajstić information content (AvgIpc) is 2.99. The second-order valence-corrected chi connectivity index (χ2v) is 6.10. The van der Waals surface area contributed by atoms with Crippen LogP contribution < -0.4 is 5.69 Å². The molecule has 134 valence electrons. The Morgan fingerprint density at radius 1 is 0.926 bits per heavy atom. The third-order valence-corrected chi connectivity index (χ3v) is 4.30. The number of rotatable bonds is 4. The summed E-state index contributed by atoms with van der Waals surface area (Å²) >= 11 is 0. The van der Waals surface area contributed by atoms with E-state index in [2.05, 4.69) is 9.97 Å². The van der Waals surface area contributed by atoms with E-state index in [1.807, 2.05) is 30.3 Å². The van der Waals surface area contributed by atoms with Crippen LogP contribution in [0.15, 0.2) is 77.7 Å². The van der Waals surface area contributed by atoms with Crippen LogP contribution in [0.2, 0.25) is 0 Å². The summed E-state index contributed by atoms with van der Waals surface area (Å²) in [5, 5.41) is 0. The van der Waals surface area contributed by atoms with Crippen LogP contribution in [-0.4, -0.2) is 14.5 Å². The zero-order valence-electron chi connectivity index (χ0n) is 14.2. The Hall–Kier alpha value is -3.54. The Bertz CT molecular complexity index is 1130. The number of halogens is 2. The molecule has 4 rings (SSSR count). The normalized spacial score (nSPS) is 10.9. The standard InChI is InChI=1S/C21H15F2N3O/c22-17-8-6-15(7-9-17)19-20(16-10-11-24-18(23)12-16)26(21(27)25-19)13-14-4-2-1-3-5-14/h1-12H,13H2,(H,25,27). The molecule has 4 aromatic rings. The molecule has 2 aromatic heterocycles. The van der Waals surface area contributed by atoms with Crippen LogP contribution >= 0.6 is 0 Å². The summed E-state index contributed by atoms with van der Waals surface area (Å²) in [5.74, 6) is -1.02. The minimum absolute atomic E-state index is 0.316. The molecular formula is C21H15F2N3O. The molecule has 0 aliphatic rings. The van der Waals surface area contributed by atoms with E-state index in [4.69, 9.17) is 0 Å². The molecule has 27 heavy (non-hydrogen) atoms. The molecule has 0 unspecified atom stereocenters. The summed E-state index contributed by atoms with van der Waals surface area (Å²) in [6.45, 7) is 0.316. The van der Waals surface area contributed by atoms with E-state index in [1.165, 1.54) is 24.4 Å². The number of nitrogens with one attached hydrogen (secondary N) is 1. The zero-order valence-corrected chi connectivity index (χ0v) is 14.2. The quantitative estimate of drug-likeness (QED) is 0.552. The van der Waals surface area contributed by atoms with Gasteiger partial charge in [0.1, 0.15) is 5.82 Å². The Balaban J connectivity index is 1.93. The number of aromatic nitrogens is 3. The lowest BCUT2D eigenvalue weighted by Gasteiger charge is -2.10. The molecule has 2 aromatic carbocycles. The van der Waals surface area contributed by atoms with E-state index < -0.39 is 5.95 Å². The van der Waals surface area contributed by atoms with Gasteiger partial charge in [0.2, 0.25) is 5.95 Å². The maximum absolute atomic E-state index is 13.7. The smallest absolute Gasteiger partial charge is 0.305 e. The lowest BCUT2D eigenvalue weighted by atomic mass is 10.1. The van der Waals surface area contributed by atoms with Crippen molar-refractivity contribution in [2.45, 2.75) is 6.54 Å². The summed E-state index contributed by atoms with van der Waals surface area (Å²) in [6.07, 6.45) is 1.35. The van der Waals surface area contributed by atoms with Gasteiger partial charge in [-0.1, -0.05) is 30.3 Å². The Morgan fingerprint density at radius 3 is 2.37 bits per heavy atom. The van der Waals surface area contributed by atoms with Crippen LogP contribution in [0.5, 0.6) is 0 Å². The van der Waals surface area contributed by atoms with Crippen LogP contribution in [0.1, 0.15) is 5.56 Å². The fraction of sp³-hybridized carbons (Fsp3) is 0.0476. The van der Waals surface area contributed by atoms with E-state index in [0.717, 1.165) is 5.56 Å². The van der Waals surface area contributed by atoms with E-state index in [9.17, 15) is 13.6 Å². The second-order valence-electron chi connectivity index (χ2n) is 6.10. The number of imidazole rings is 1. The highest BCUT2D eigenvalue weighted by Crippen LogP contribution is 2.30. The number of benzene rings is 2. The third kappa shape index (κ3) is 3.42. The van der Waals surface area contributed by atoms with Gasteiger partial charge in [0.15, 0.2) is 0 Å². The zero-order chi connectivity index (χ0) is 18.8. The molecule has 0 bridgehead atoms. The van der Waals surface area contributed by atoms with E-state index >= 15 is 0 Å². The summed E-state index contributed by atoms with van der Waals surface area (Å²) in [6, 6.07) is 18.2. The lowest BCUT2D eigenvalue weighted by Crippen LogP contribution is -2.18. The first kappa shape index (κ1) is 16.9. The molecule has 2 heterocycles. The predicted octanol–water partition coefficient (Wildman–Crippen LogP) is 4.23. The van der Waals surface area contributed by atoms with Crippen LogP contribution in [-0.2, 0) is 6.54 Å². The van der Waals surface area contributed by atoms with Crippen molar-refractivity contribution in [1.29, 1.82) is 0 Å². The van der Waals surface area contributed by atoms with Gasteiger partial charge in [-0.2, -0.15) is 4.39 Å². The Kier molecular flexibility index (Phi) is 4.38. The average molecular weight is 363 g/mol. The molecular weight excluding hydrogens is 348 g/mol. The number of H-pyrrole nitrogens is 1. The van der Waals surface area contributed by atoms with Gasteiger partial charge in [-0.25, -0.2) is 14.2 Å². The van der Waals surface area contributed by atoms with E-state index in [-0.39, 0.29) is 11.5 Å². The fourth-order valence-corrected chi connectivity index (χ4v) is 3.06. The first-order valence-corrected chi connectivity index (χ1v) is 8.36. The van der Waals surface area contributed by atoms with Crippen LogP contribution in [0.25, 0.3) is 22.5 Å². The first-order valence-electron chi connectivity index (χ1n) is 8.36. The lowest BCUT2D eigenvalue weighted by molar-refractivity contribution is 0.584.